The minimum absolute atomic E-state index is 0.230. The van der Waals surface area contributed by atoms with Gasteiger partial charge in [-0.2, -0.15) is 5.10 Å². The van der Waals surface area contributed by atoms with E-state index in [-0.39, 0.29) is 5.78 Å². The Bertz CT molecular complexity index is 543. The molecule has 5 heteroatoms. The summed E-state index contributed by atoms with van der Waals surface area (Å²) in [5, 5.41) is 6.89. The van der Waals surface area contributed by atoms with E-state index in [1.54, 1.807) is 17.5 Å². The number of nitrogens with one attached hydrogen (secondary N) is 1. The molecule has 2 heterocycles. The lowest BCUT2D eigenvalue weighted by Gasteiger charge is -2.11. The van der Waals surface area contributed by atoms with Gasteiger partial charge in [0.15, 0.2) is 5.78 Å². The average molecular weight is 250 g/mol. The predicted octanol–water partition coefficient (Wildman–Crippen LogP) is 2.95. The Hall–Kier alpha value is -1.07. The number of carbonyl (C=O) groups excluding carboxylic acids is 1. The van der Waals surface area contributed by atoms with Crippen LogP contribution in [0.15, 0.2) is 16.5 Å². The fourth-order valence-corrected chi connectivity index (χ4v) is 3.75. The van der Waals surface area contributed by atoms with E-state index < -0.39 is 0 Å². The fourth-order valence-electron chi connectivity index (χ4n) is 2.13. The van der Waals surface area contributed by atoms with Gasteiger partial charge in [0.05, 0.1) is 14.8 Å². The number of aromatic nitrogens is 2. The second kappa shape index (κ2) is 3.75. The van der Waals surface area contributed by atoms with Crippen LogP contribution in [0, 0.1) is 0 Å². The number of H-pyrrole nitrogens is 1. The number of fused-ring (bicyclic) bond motifs is 1. The molecule has 0 bridgehead atoms. The lowest BCUT2D eigenvalue weighted by Crippen LogP contribution is -2.09. The van der Waals surface area contributed by atoms with Gasteiger partial charge in [0, 0.05) is 18.2 Å². The third-order valence-electron chi connectivity index (χ3n) is 2.84. The van der Waals surface area contributed by atoms with Crippen molar-refractivity contribution in [2.75, 3.05) is 0 Å². The zero-order valence-electron chi connectivity index (χ0n) is 8.49. The third kappa shape index (κ3) is 1.43. The number of thiophene rings is 1. The molecule has 0 unspecified atom stereocenters. The molecule has 0 saturated heterocycles. The number of carbonyl (C=O) groups is 1. The molecule has 3 rings (SSSR count). The molecular weight excluding hydrogens is 240 g/mol. The molecular formula is C11H10N2OS2. The molecule has 0 atom stereocenters. The highest BCUT2D eigenvalue weighted by atomic mass is 32.2. The van der Waals surface area contributed by atoms with Gasteiger partial charge >= 0.3 is 0 Å². The zero-order valence-corrected chi connectivity index (χ0v) is 10.2. The molecule has 0 spiro atoms. The smallest absolute Gasteiger partial charge is 0.165 e. The van der Waals surface area contributed by atoms with Gasteiger partial charge in [0.1, 0.15) is 0 Å². The van der Waals surface area contributed by atoms with Crippen molar-refractivity contribution in [2.45, 2.75) is 23.5 Å². The van der Waals surface area contributed by atoms with E-state index in [2.05, 4.69) is 22.8 Å². The van der Waals surface area contributed by atoms with E-state index in [0.717, 1.165) is 38.7 Å². The number of ketones is 1. The molecule has 1 aliphatic carbocycles. The summed E-state index contributed by atoms with van der Waals surface area (Å²) in [6, 6.07) is 1.93. The molecule has 0 saturated carbocycles. The molecule has 0 aromatic carbocycles. The first-order valence-corrected chi connectivity index (χ1v) is 6.41. The summed E-state index contributed by atoms with van der Waals surface area (Å²) in [5.74, 6) is 0.230. The summed E-state index contributed by atoms with van der Waals surface area (Å²) in [5.41, 5.74) is 2.97. The maximum absolute atomic E-state index is 11.8. The number of hydrogen-bond donors (Lipinski definition) is 2. The van der Waals surface area contributed by atoms with E-state index in [1.807, 2.05) is 6.07 Å². The van der Waals surface area contributed by atoms with Crippen LogP contribution in [0.25, 0.3) is 10.6 Å². The minimum atomic E-state index is 0.230. The largest absolute Gasteiger partial charge is 0.294 e. The van der Waals surface area contributed by atoms with Crippen molar-refractivity contribution in [2.24, 2.45) is 0 Å². The molecule has 0 amide bonds. The molecule has 2 aromatic rings. The highest BCUT2D eigenvalue weighted by molar-refractivity contribution is 7.83. The van der Waals surface area contributed by atoms with Gasteiger partial charge in [0.2, 0.25) is 0 Å². The molecule has 1 aliphatic rings. The first-order chi connectivity index (χ1) is 7.77. The number of nitrogens with zero attached hydrogens (tertiary/aromatic N) is 1. The Morgan fingerprint density at radius 1 is 1.44 bits per heavy atom. The number of hydrogen-bond acceptors (Lipinski definition) is 4. The van der Waals surface area contributed by atoms with Crippen molar-refractivity contribution in [1.82, 2.24) is 10.2 Å². The van der Waals surface area contributed by atoms with Crippen LogP contribution in [-0.2, 0) is 6.42 Å². The van der Waals surface area contributed by atoms with Crippen molar-refractivity contribution in [3.63, 3.8) is 0 Å². The van der Waals surface area contributed by atoms with E-state index in [9.17, 15) is 4.79 Å². The molecule has 0 radical (unpaired) electrons. The average Bonchev–Trinajstić information content (AvgIpc) is 2.86. The van der Waals surface area contributed by atoms with Crippen molar-refractivity contribution in [1.29, 1.82) is 0 Å². The van der Waals surface area contributed by atoms with Crippen LogP contribution in [0.3, 0.4) is 0 Å². The topological polar surface area (TPSA) is 45.8 Å². The molecule has 16 heavy (non-hydrogen) atoms. The highest BCUT2D eigenvalue weighted by Gasteiger charge is 2.26. The Kier molecular flexibility index (Phi) is 2.37. The normalized spacial score (nSPS) is 15.2. The summed E-state index contributed by atoms with van der Waals surface area (Å²) in [7, 11) is 0. The molecule has 82 valence electrons. The second-order valence-corrected chi connectivity index (χ2v) is 5.61. The van der Waals surface area contributed by atoms with E-state index in [1.165, 1.54) is 0 Å². The van der Waals surface area contributed by atoms with E-state index in [4.69, 9.17) is 0 Å². The summed E-state index contributed by atoms with van der Waals surface area (Å²) in [4.78, 5) is 12.9. The second-order valence-electron chi connectivity index (χ2n) is 3.84. The van der Waals surface area contributed by atoms with Crippen LogP contribution in [0.1, 0.15) is 28.8 Å². The number of Topliss-reactive ketones (excluding diaryl/α,β-unsaturated/α-hetero) is 1. The van der Waals surface area contributed by atoms with Crippen molar-refractivity contribution >= 4 is 29.7 Å². The predicted molar refractivity (Wildman–Crippen MR) is 66.4 cm³/mol. The Balaban J connectivity index is 2.22. The summed E-state index contributed by atoms with van der Waals surface area (Å²) in [6.07, 6.45) is 4.29. The van der Waals surface area contributed by atoms with Crippen molar-refractivity contribution in [3.8, 4) is 10.6 Å². The van der Waals surface area contributed by atoms with Gasteiger partial charge in [-0.05, 0) is 24.5 Å². The lowest BCUT2D eigenvalue weighted by atomic mass is 9.92. The van der Waals surface area contributed by atoms with E-state index in [0.29, 0.717) is 6.42 Å². The molecule has 3 nitrogen and oxygen atoms in total. The van der Waals surface area contributed by atoms with Crippen LogP contribution in [0.5, 0.6) is 0 Å². The monoisotopic (exact) mass is 250 g/mol. The molecule has 0 aliphatic heterocycles. The minimum Gasteiger partial charge on any atom is -0.294 e. The number of rotatable bonds is 1. The van der Waals surface area contributed by atoms with E-state index >= 15 is 0 Å². The molecule has 0 fully saturated rings. The van der Waals surface area contributed by atoms with Crippen LogP contribution in [-0.4, -0.2) is 16.0 Å². The molecule has 1 N–H and O–H groups in total. The number of thiol groups is 1. The first-order valence-electron chi connectivity index (χ1n) is 5.15. The quantitative estimate of drug-likeness (QED) is 0.764. The highest BCUT2D eigenvalue weighted by Crippen LogP contribution is 2.41. The fraction of sp³-hybridized carbons (Fsp3) is 0.273. The van der Waals surface area contributed by atoms with Crippen LogP contribution in [0.2, 0.25) is 0 Å². The van der Waals surface area contributed by atoms with Gasteiger partial charge in [-0.3, -0.25) is 9.89 Å². The van der Waals surface area contributed by atoms with Gasteiger partial charge in [-0.15, -0.1) is 24.0 Å². The van der Waals surface area contributed by atoms with Gasteiger partial charge < -0.3 is 0 Å². The maximum Gasteiger partial charge on any atom is 0.165 e. The SMILES string of the molecule is O=C1CCCc2c(-c3ccn[nH]3)sc(S)c21. The zero-order chi connectivity index (χ0) is 11.1. The first kappa shape index (κ1) is 10.1. The van der Waals surface area contributed by atoms with Crippen LogP contribution in [0.4, 0.5) is 0 Å². The Morgan fingerprint density at radius 3 is 3.06 bits per heavy atom. The summed E-state index contributed by atoms with van der Waals surface area (Å²) >= 11 is 5.97. The van der Waals surface area contributed by atoms with Crippen LogP contribution < -0.4 is 0 Å². The van der Waals surface area contributed by atoms with Crippen molar-refractivity contribution in [3.05, 3.63) is 23.4 Å². The number of aromatic amines is 1. The summed E-state index contributed by atoms with van der Waals surface area (Å²) in [6.45, 7) is 0. The van der Waals surface area contributed by atoms with Gasteiger partial charge in [0.25, 0.3) is 0 Å². The van der Waals surface area contributed by atoms with Crippen molar-refractivity contribution < 1.29 is 4.79 Å². The lowest BCUT2D eigenvalue weighted by molar-refractivity contribution is 0.0970. The standard InChI is InChI=1S/C11H10N2OS2/c14-8-3-1-2-6-9(8)11(15)16-10(6)7-4-5-12-13-7/h4-5,15H,1-3H2,(H,12,13). The maximum atomic E-state index is 11.8. The Morgan fingerprint density at radius 2 is 2.31 bits per heavy atom. The van der Waals surface area contributed by atoms with Crippen LogP contribution >= 0.6 is 24.0 Å². The third-order valence-corrected chi connectivity index (χ3v) is 4.41. The van der Waals surface area contributed by atoms with Gasteiger partial charge in [-0.25, -0.2) is 0 Å². The Labute approximate surface area is 102 Å². The molecule has 2 aromatic heterocycles. The summed E-state index contributed by atoms with van der Waals surface area (Å²) < 4.78 is 0.837. The van der Waals surface area contributed by atoms with Gasteiger partial charge in [-0.1, -0.05) is 0 Å².